The molecule has 0 bridgehead atoms. The summed E-state index contributed by atoms with van der Waals surface area (Å²) < 4.78 is 0. The molecular formula is C8H15N3O3. The molecule has 6 heteroatoms. The van der Waals surface area contributed by atoms with Crippen LogP contribution in [-0.2, 0) is 4.79 Å². The molecule has 1 aliphatic rings. The Kier molecular flexibility index (Phi) is 3.70. The summed E-state index contributed by atoms with van der Waals surface area (Å²) in [6.07, 6.45) is 0. The third-order valence-electron chi connectivity index (χ3n) is 2.12. The van der Waals surface area contributed by atoms with Crippen LogP contribution in [0.4, 0.5) is 4.79 Å². The third kappa shape index (κ3) is 2.35. The number of hydrogen-bond acceptors (Lipinski definition) is 3. The summed E-state index contributed by atoms with van der Waals surface area (Å²) in [5.74, 6) is -0.969. The maximum atomic E-state index is 11.4. The molecule has 1 heterocycles. The standard InChI is InChI=1S/C8H15N3O3/c1-2-10-8(14)11-4-3-9-5-6(11)7(12)13/h6,9H,2-5H2,1H3,(H,10,14)(H,12,13). The van der Waals surface area contributed by atoms with Crippen LogP contribution >= 0.6 is 0 Å². The van der Waals surface area contributed by atoms with Crippen molar-refractivity contribution in [2.75, 3.05) is 26.2 Å². The molecule has 1 unspecified atom stereocenters. The molecule has 1 atom stereocenters. The number of hydrogen-bond donors (Lipinski definition) is 3. The van der Waals surface area contributed by atoms with Crippen LogP contribution in [0.5, 0.6) is 0 Å². The molecule has 0 spiro atoms. The molecule has 2 amide bonds. The number of amides is 2. The predicted octanol–water partition coefficient (Wildman–Crippen LogP) is -0.926. The molecular weight excluding hydrogens is 186 g/mol. The van der Waals surface area contributed by atoms with E-state index in [-0.39, 0.29) is 6.03 Å². The monoisotopic (exact) mass is 201 g/mol. The van der Waals surface area contributed by atoms with E-state index >= 15 is 0 Å². The molecule has 14 heavy (non-hydrogen) atoms. The van der Waals surface area contributed by atoms with Gasteiger partial charge in [-0.1, -0.05) is 0 Å². The minimum atomic E-state index is -0.969. The predicted molar refractivity (Wildman–Crippen MR) is 50.1 cm³/mol. The van der Waals surface area contributed by atoms with Crippen molar-refractivity contribution < 1.29 is 14.7 Å². The van der Waals surface area contributed by atoms with Gasteiger partial charge in [-0.05, 0) is 6.92 Å². The minimum absolute atomic E-state index is 0.304. The van der Waals surface area contributed by atoms with Gasteiger partial charge in [-0.3, -0.25) is 0 Å². The van der Waals surface area contributed by atoms with Gasteiger partial charge in [-0.2, -0.15) is 0 Å². The summed E-state index contributed by atoms with van der Waals surface area (Å²) >= 11 is 0. The van der Waals surface area contributed by atoms with Crippen molar-refractivity contribution in [1.29, 1.82) is 0 Å². The molecule has 1 rings (SSSR count). The zero-order chi connectivity index (χ0) is 10.6. The fourth-order valence-corrected chi connectivity index (χ4v) is 1.42. The number of urea groups is 1. The lowest BCUT2D eigenvalue weighted by Crippen LogP contribution is -2.59. The van der Waals surface area contributed by atoms with Crippen LogP contribution in [0.15, 0.2) is 0 Å². The van der Waals surface area contributed by atoms with Gasteiger partial charge < -0.3 is 20.6 Å². The topological polar surface area (TPSA) is 81.7 Å². The summed E-state index contributed by atoms with van der Waals surface area (Å²) in [4.78, 5) is 23.6. The lowest BCUT2D eigenvalue weighted by atomic mass is 10.2. The van der Waals surface area contributed by atoms with Crippen molar-refractivity contribution >= 4 is 12.0 Å². The molecule has 1 saturated heterocycles. The van der Waals surface area contributed by atoms with Gasteiger partial charge in [-0.25, -0.2) is 9.59 Å². The number of rotatable bonds is 2. The van der Waals surface area contributed by atoms with Gasteiger partial charge in [-0.15, -0.1) is 0 Å². The van der Waals surface area contributed by atoms with Crippen molar-refractivity contribution in [1.82, 2.24) is 15.5 Å². The Bertz CT molecular complexity index is 232. The normalized spacial score (nSPS) is 21.8. The number of carbonyl (C=O) groups is 2. The van der Waals surface area contributed by atoms with Crippen LogP contribution in [0.2, 0.25) is 0 Å². The first kappa shape index (κ1) is 10.8. The molecule has 1 aliphatic heterocycles. The Balaban J connectivity index is 2.62. The smallest absolute Gasteiger partial charge is 0.327 e. The third-order valence-corrected chi connectivity index (χ3v) is 2.12. The van der Waals surface area contributed by atoms with Crippen molar-refractivity contribution in [2.24, 2.45) is 0 Å². The number of piperazine rings is 1. The van der Waals surface area contributed by atoms with Gasteiger partial charge >= 0.3 is 12.0 Å². The van der Waals surface area contributed by atoms with Crippen LogP contribution in [-0.4, -0.2) is 54.2 Å². The second-order valence-electron chi connectivity index (χ2n) is 3.09. The Morgan fingerprint density at radius 2 is 2.36 bits per heavy atom. The van der Waals surface area contributed by atoms with Gasteiger partial charge in [0.1, 0.15) is 6.04 Å². The zero-order valence-electron chi connectivity index (χ0n) is 8.12. The molecule has 80 valence electrons. The first-order valence-electron chi connectivity index (χ1n) is 4.64. The Morgan fingerprint density at radius 1 is 1.64 bits per heavy atom. The average Bonchev–Trinajstić information content (AvgIpc) is 2.18. The van der Waals surface area contributed by atoms with Crippen LogP contribution < -0.4 is 10.6 Å². The van der Waals surface area contributed by atoms with E-state index < -0.39 is 12.0 Å². The molecule has 1 fully saturated rings. The van der Waals surface area contributed by atoms with Gasteiger partial charge in [0.25, 0.3) is 0 Å². The van der Waals surface area contributed by atoms with Crippen molar-refractivity contribution in [2.45, 2.75) is 13.0 Å². The number of nitrogens with zero attached hydrogens (tertiary/aromatic N) is 1. The Labute approximate surface area is 82.3 Å². The highest BCUT2D eigenvalue weighted by Crippen LogP contribution is 2.03. The fourth-order valence-electron chi connectivity index (χ4n) is 1.42. The van der Waals surface area contributed by atoms with E-state index in [2.05, 4.69) is 10.6 Å². The second-order valence-corrected chi connectivity index (χ2v) is 3.09. The van der Waals surface area contributed by atoms with Crippen LogP contribution in [0, 0.1) is 0 Å². The maximum Gasteiger partial charge on any atom is 0.327 e. The average molecular weight is 201 g/mol. The molecule has 0 aromatic rings. The fraction of sp³-hybridized carbons (Fsp3) is 0.750. The van der Waals surface area contributed by atoms with Crippen molar-refractivity contribution in [3.05, 3.63) is 0 Å². The Hall–Kier alpha value is -1.30. The molecule has 0 saturated carbocycles. The van der Waals surface area contributed by atoms with Gasteiger partial charge in [0.15, 0.2) is 0 Å². The summed E-state index contributed by atoms with van der Waals surface area (Å²) in [6.45, 7) is 3.70. The number of carbonyl (C=O) groups excluding carboxylic acids is 1. The quantitative estimate of drug-likeness (QED) is 0.539. The lowest BCUT2D eigenvalue weighted by Gasteiger charge is -2.33. The van der Waals surface area contributed by atoms with E-state index in [4.69, 9.17) is 5.11 Å². The SMILES string of the molecule is CCNC(=O)N1CCNCC1C(=O)O. The summed E-state index contributed by atoms with van der Waals surface area (Å²) in [6, 6.07) is -1.06. The molecule has 0 aromatic carbocycles. The van der Waals surface area contributed by atoms with Gasteiger partial charge in [0.2, 0.25) is 0 Å². The highest BCUT2D eigenvalue weighted by Gasteiger charge is 2.31. The second kappa shape index (κ2) is 4.80. The van der Waals surface area contributed by atoms with E-state index in [0.29, 0.717) is 26.2 Å². The summed E-state index contributed by atoms with van der Waals surface area (Å²) in [5.41, 5.74) is 0. The molecule has 6 nitrogen and oxygen atoms in total. The first-order valence-corrected chi connectivity index (χ1v) is 4.64. The summed E-state index contributed by atoms with van der Waals surface area (Å²) in [7, 11) is 0. The van der Waals surface area contributed by atoms with E-state index in [9.17, 15) is 9.59 Å². The highest BCUT2D eigenvalue weighted by atomic mass is 16.4. The van der Waals surface area contributed by atoms with Crippen LogP contribution in [0.25, 0.3) is 0 Å². The number of carboxylic acids is 1. The zero-order valence-corrected chi connectivity index (χ0v) is 8.12. The summed E-state index contributed by atoms with van der Waals surface area (Å²) in [5, 5.41) is 14.4. The van der Waals surface area contributed by atoms with Gasteiger partial charge in [0, 0.05) is 26.2 Å². The number of aliphatic carboxylic acids is 1. The van der Waals surface area contributed by atoms with E-state index in [1.54, 1.807) is 6.92 Å². The lowest BCUT2D eigenvalue weighted by molar-refractivity contribution is -0.142. The van der Waals surface area contributed by atoms with E-state index in [1.165, 1.54) is 4.90 Å². The van der Waals surface area contributed by atoms with Crippen LogP contribution in [0.1, 0.15) is 6.92 Å². The molecule has 0 aliphatic carbocycles. The van der Waals surface area contributed by atoms with Crippen molar-refractivity contribution in [3.8, 4) is 0 Å². The Morgan fingerprint density at radius 3 is 2.93 bits per heavy atom. The highest BCUT2D eigenvalue weighted by molar-refractivity contribution is 5.83. The minimum Gasteiger partial charge on any atom is -0.480 e. The van der Waals surface area contributed by atoms with Gasteiger partial charge in [0.05, 0.1) is 0 Å². The largest absolute Gasteiger partial charge is 0.480 e. The number of carboxylic acid groups (broad SMARTS) is 1. The maximum absolute atomic E-state index is 11.4. The van der Waals surface area contributed by atoms with E-state index in [0.717, 1.165) is 0 Å². The molecule has 0 aromatic heterocycles. The first-order chi connectivity index (χ1) is 6.66. The van der Waals surface area contributed by atoms with Crippen LogP contribution in [0.3, 0.4) is 0 Å². The van der Waals surface area contributed by atoms with E-state index in [1.807, 2.05) is 0 Å². The van der Waals surface area contributed by atoms with Crippen molar-refractivity contribution in [3.63, 3.8) is 0 Å². The molecule has 0 radical (unpaired) electrons. The molecule has 3 N–H and O–H groups in total. The number of nitrogens with one attached hydrogen (secondary N) is 2.